The molecule has 2 aliphatic rings. The Kier molecular flexibility index (Phi) is 4.30. The molecule has 1 aliphatic heterocycles. The van der Waals surface area contributed by atoms with Gasteiger partial charge in [-0.2, -0.15) is 0 Å². The van der Waals surface area contributed by atoms with Crippen LogP contribution >= 0.6 is 0 Å². The lowest BCUT2D eigenvalue weighted by atomic mass is 10.0. The highest BCUT2D eigenvalue weighted by molar-refractivity contribution is 5.84. The van der Waals surface area contributed by atoms with Crippen LogP contribution in [0.25, 0.3) is 10.8 Å². The molecule has 3 aromatic rings. The van der Waals surface area contributed by atoms with Crippen molar-refractivity contribution in [3.63, 3.8) is 0 Å². The van der Waals surface area contributed by atoms with Gasteiger partial charge in [-0.05, 0) is 47.4 Å². The lowest BCUT2D eigenvalue weighted by Gasteiger charge is -2.32. The minimum absolute atomic E-state index is 0.0519. The van der Waals surface area contributed by atoms with Crippen LogP contribution in [0.15, 0.2) is 40.8 Å². The molecule has 1 aliphatic carbocycles. The predicted molar refractivity (Wildman–Crippen MR) is 101 cm³/mol. The van der Waals surface area contributed by atoms with Crippen molar-refractivity contribution in [3.05, 3.63) is 53.7 Å². The first kappa shape index (κ1) is 16.7. The van der Waals surface area contributed by atoms with E-state index in [0.29, 0.717) is 25.0 Å². The summed E-state index contributed by atoms with van der Waals surface area (Å²) in [6.45, 7) is 3.09. The van der Waals surface area contributed by atoms with E-state index in [9.17, 15) is 0 Å². The molecule has 1 atom stereocenters. The van der Waals surface area contributed by atoms with Crippen LogP contribution in [-0.4, -0.2) is 41.9 Å². The van der Waals surface area contributed by atoms with E-state index in [1.807, 2.05) is 6.07 Å². The average molecular weight is 365 g/mol. The number of benzene rings is 2. The van der Waals surface area contributed by atoms with E-state index in [2.05, 4.69) is 45.4 Å². The van der Waals surface area contributed by atoms with Gasteiger partial charge in [-0.3, -0.25) is 4.90 Å². The SMILES string of the molecule is COc1ccc2cc([C@@H]3CN(Cc4nnc(C5CC5)o4)CCO3)ccc2c1. The van der Waals surface area contributed by atoms with E-state index in [-0.39, 0.29) is 6.10 Å². The number of fused-ring (bicyclic) bond motifs is 1. The maximum atomic E-state index is 6.05. The van der Waals surface area contributed by atoms with Crippen LogP contribution in [0.2, 0.25) is 0 Å². The van der Waals surface area contributed by atoms with E-state index in [4.69, 9.17) is 13.9 Å². The second-order valence-corrected chi connectivity index (χ2v) is 7.38. The van der Waals surface area contributed by atoms with Gasteiger partial charge in [-0.25, -0.2) is 0 Å². The Balaban J connectivity index is 1.30. The third-order valence-corrected chi connectivity index (χ3v) is 5.36. The van der Waals surface area contributed by atoms with E-state index in [0.717, 1.165) is 24.7 Å². The second kappa shape index (κ2) is 6.94. The Morgan fingerprint density at radius 2 is 1.96 bits per heavy atom. The summed E-state index contributed by atoms with van der Waals surface area (Å²) in [5, 5.41) is 10.8. The number of rotatable bonds is 5. The Hall–Kier alpha value is -2.44. The highest BCUT2D eigenvalue weighted by Crippen LogP contribution is 2.39. The lowest BCUT2D eigenvalue weighted by Crippen LogP contribution is -2.37. The molecular weight excluding hydrogens is 342 g/mol. The van der Waals surface area contributed by atoms with Gasteiger partial charge in [0, 0.05) is 19.0 Å². The van der Waals surface area contributed by atoms with Gasteiger partial charge in [-0.1, -0.05) is 18.2 Å². The molecule has 27 heavy (non-hydrogen) atoms. The predicted octanol–water partition coefficient (Wildman–Crippen LogP) is 3.68. The monoisotopic (exact) mass is 365 g/mol. The molecule has 5 rings (SSSR count). The molecule has 140 valence electrons. The minimum Gasteiger partial charge on any atom is -0.497 e. The number of nitrogens with zero attached hydrogens (tertiary/aromatic N) is 3. The molecule has 1 saturated heterocycles. The second-order valence-electron chi connectivity index (χ2n) is 7.38. The maximum absolute atomic E-state index is 6.05. The zero-order valence-corrected chi connectivity index (χ0v) is 15.4. The molecule has 6 nitrogen and oxygen atoms in total. The number of morpholine rings is 1. The summed E-state index contributed by atoms with van der Waals surface area (Å²) in [7, 11) is 1.69. The van der Waals surface area contributed by atoms with Crippen molar-refractivity contribution in [3.8, 4) is 5.75 Å². The molecule has 1 aromatic heterocycles. The Morgan fingerprint density at radius 3 is 2.81 bits per heavy atom. The first-order valence-electron chi connectivity index (χ1n) is 9.52. The summed E-state index contributed by atoms with van der Waals surface area (Å²) >= 11 is 0. The fraction of sp³-hybridized carbons (Fsp3) is 0.429. The fourth-order valence-corrected chi connectivity index (χ4v) is 3.63. The number of hydrogen-bond donors (Lipinski definition) is 0. The van der Waals surface area contributed by atoms with E-state index >= 15 is 0 Å². The van der Waals surface area contributed by atoms with Crippen molar-refractivity contribution in [2.75, 3.05) is 26.8 Å². The first-order valence-corrected chi connectivity index (χ1v) is 9.52. The van der Waals surface area contributed by atoms with Gasteiger partial charge in [-0.15, -0.1) is 10.2 Å². The molecule has 0 unspecified atom stereocenters. The first-order chi connectivity index (χ1) is 13.3. The van der Waals surface area contributed by atoms with Crippen LogP contribution < -0.4 is 4.74 Å². The average Bonchev–Trinajstić information content (AvgIpc) is 3.47. The third kappa shape index (κ3) is 3.55. The van der Waals surface area contributed by atoms with Crippen molar-refractivity contribution in [1.29, 1.82) is 0 Å². The van der Waals surface area contributed by atoms with Crippen LogP contribution in [-0.2, 0) is 11.3 Å². The van der Waals surface area contributed by atoms with Gasteiger partial charge in [0.1, 0.15) is 5.75 Å². The number of aromatic nitrogens is 2. The zero-order valence-electron chi connectivity index (χ0n) is 15.4. The van der Waals surface area contributed by atoms with Crippen LogP contribution in [0.3, 0.4) is 0 Å². The van der Waals surface area contributed by atoms with Crippen molar-refractivity contribution in [2.24, 2.45) is 0 Å². The number of ether oxygens (including phenoxy) is 2. The molecule has 0 spiro atoms. The molecule has 2 heterocycles. The number of hydrogen-bond acceptors (Lipinski definition) is 6. The standard InChI is InChI=1S/C21H23N3O3/c1-25-18-7-6-15-10-17(5-4-16(15)11-18)19-12-24(8-9-26-19)13-20-22-23-21(27-20)14-2-3-14/h4-7,10-11,14,19H,2-3,8-9,12-13H2,1H3/t19-/m0/s1. The highest BCUT2D eigenvalue weighted by Gasteiger charge is 2.30. The van der Waals surface area contributed by atoms with Gasteiger partial charge in [0.2, 0.25) is 11.8 Å². The van der Waals surface area contributed by atoms with Crippen LogP contribution in [0.4, 0.5) is 0 Å². The molecule has 0 bridgehead atoms. The van der Waals surface area contributed by atoms with Gasteiger partial charge in [0.05, 0.1) is 26.4 Å². The molecule has 0 amide bonds. The topological polar surface area (TPSA) is 60.6 Å². The van der Waals surface area contributed by atoms with Crippen LogP contribution in [0.1, 0.15) is 42.2 Å². The third-order valence-electron chi connectivity index (χ3n) is 5.36. The smallest absolute Gasteiger partial charge is 0.230 e. The maximum Gasteiger partial charge on any atom is 0.230 e. The summed E-state index contributed by atoms with van der Waals surface area (Å²) in [5.41, 5.74) is 1.20. The van der Waals surface area contributed by atoms with Crippen molar-refractivity contribution < 1.29 is 13.9 Å². The van der Waals surface area contributed by atoms with Crippen molar-refractivity contribution in [2.45, 2.75) is 31.4 Å². The molecular formula is C21H23N3O3. The summed E-state index contributed by atoms with van der Waals surface area (Å²) in [6.07, 6.45) is 2.40. The van der Waals surface area contributed by atoms with Crippen LogP contribution in [0, 0.1) is 0 Å². The zero-order chi connectivity index (χ0) is 18.2. The van der Waals surface area contributed by atoms with Gasteiger partial charge < -0.3 is 13.9 Å². The molecule has 6 heteroatoms. The quantitative estimate of drug-likeness (QED) is 0.687. The van der Waals surface area contributed by atoms with Crippen LogP contribution in [0.5, 0.6) is 5.75 Å². The van der Waals surface area contributed by atoms with E-state index in [1.165, 1.54) is 29.2 Å². The van der Waals surface area contributed by atoms with Gasteiger partial charge >= 0.3 is 0 Å². The highest BCUT2D eigenvalue weighted by atomic mass is 16.5. The summed E-state index contributed by atoms with van der Waals surface area (Å²) in [4.78, 5) is 2.33. The van der Waals surface area contributed by atoms with Gasteiger partial charge in [0.15, 0.2) is 0 Å². The van der Waals surface area contributed by atoms with Crippen molar-refractivity contribution >= 4 is 10.8 Å². The Bertz CT molecular complexity index is 951. The Labute approximate surface area is 158 Å². The Morgan fingerprint density at radius 1 is 1.11 bits per heavy atom. The number of methoxy groups -OCH3 is 1. The van der Waals surface area contributed by atoms with E-state index in [1.54, 1.807) is 7.11 Å². The molecule has 0 N–H and O–H groups in total. The normalized spacial score (nSPS) is 20.9. The van der Waals surface area contributed by atoms with E-state index < -0.39 is 0 Å². The molecule has 2 fully saturated rings. The molecule has 2 aromatic carbocycles. The van der Waals surface area contributed by atoms with Gasteiger partial charge in [0.25, 0.3) is 0 Å². The summed E-state index contributed by atoms with van der Waals surface area (Å²) < 4.78 is 17.2. The van der Waals surface area contributed by atoms with Crippen molar-refractivity contribution in [1.82, 2.24) is 15.1 Å². The summed E-state index contributed by atoms with van der Waals surface area (Å²) in [5.74, 6) is 2.89. The molecule has 1 saturated carbocycles. The largest absolute Gasteiger partial charge is 0.497 e. The lowest BCUT2D eigenvalue weighted by molar-refractivity contribution is -0.0351. The molecule has 0 radical (unpaired) electrons. The fourth-order valence-electron chi connectivity index (χ4n) is 3.63. The minimum atomic E-state index is 0.0519. The summed E-state index contributed by atoms with van der Waals surface area (Å²) in [6, 6.07) is 12.6.